The van der Waals surface area contributed by atoms with Gasteiger partial charge in [-0.05, 0) is 37.0 Å². The first-order chi connectivity index (χ1) is 13.3. The van der Waals surface area contributed by atoms with Crippen molar-refractivity contribution in [3.05, 3.63) is 52.3 Å². The van der Waals surface area contributed by atoms with Crippen molar-refractivity contribution in [2.75, 3.05) is 20.1 Å². The number of hydrogen-bond donors (Lipinski definition) is 1. The Morgan fingerprint density at radius 3 is 2.86 bits per heavy atom. The van der Waals surface area contributed by atoms with Crippen molar-refractivity contribution < 1.29 is 9.59 Å². The molecule has 0 unspecified atom stereocenters. The Morgan fingerprint density at radius 2 is 2.18 bits per heavy atom. The number of rotatable bonds is 4. The smallest absolute Gasteiger partial charge is 0.317 e. The van der Waals surface area contributed by atoms with Crippen LogP contribution in [-0.4, -0.2) is 57.7 Å². The second-order valence-electron chi connectivity index (χ2n) is 7.30. The summed E-state index contributed by atoms with van der Waals surface area (Å²) in [5.41, 5.74) is 2.56. The number of piperidine rings is 1. The number of urea groups is 1. The molecule has 7 nitrogen and oxygen atoms in total. The maximum atomic E-state index is 12.7. The van der Waals surface area contributed by atoms with E-state index in [1.807, 2.05) is 25.1 Å². The predicted octanol–water partition coefficient (Wildman–Crippen LogP) is 2.83. The van der Waals surface area contributed by atoms with E-state index >= 15 is 0 Å². The number of likely N-dealkylation sites (tertiary alicyclic amines) is 1. The number of hydrogen-bond acceptors (Lipinski definition) is 3. The van der Waals surface area contributed by atoms with Gasteiger partial charge >= 0.3 is 6.03 Å². The lowest BCUT2D eigenvalue weighted by Gasteiger charge is -2.37. The zero-order valence-corrected chi connectivity index (χ0v) is 17.2. The summed E-state index contributed by atoms with van der Waals surface area (Å²) in [5.74, 6) is -0.0387. The van der Waals surface area contributed by atoms with Gasteiger partial charge in [-0.15, -0.1) is 0 Å². The van der Waals surface area contributed by atoms with Crippen LogP contribution in [0.3, 0.4) is 0 Å². The Bertz CT molecular complexity index is 866. The van der Waals surface area contributed by atoms with Crippen LogP contribution in [0, 0.1) is 6.92 Å². The molecule has 28 heavy (non-hydrogen) atoms. The fourth-order valence-electron chi connectivity index (χ4n) is 3.45. The van der Waals surface area contributed by atoms with E-state index in [-0.39, 0.29) is 18.0 Å². The Morgan fingerprint density at radius 1 is 1.39 bits per heavy atom. The largest absolute Gasteiger partial charge is 0.336 e. The molecule has 3 amide bonds. The molecular formula is C20H26ClN5O2. The zero-order chi connectivity index (χ0) is 20.3. The first-order valence-corrected chi connectivity index (χ1v) is 9.76. The monoisotopic (exact) mass is 403 g/mol. The molecule has 1 atom stereocenters. The third-order valence-electron chi connectivity index (χ3n) is 5.17. The summed E-state index contributed by atoms with van der Waals surface area (Å²) in [5, 5.41) is 7.73. The number of carbonyl (C=O) groups excluding carboxylic acids is 2. The molecule has 0 saturated carbocycles. The molecule has 0 bridgehead atoms. The van der Waals surface area contributed by atoms with Gasteiger partial charge in [0, 0.05) is 44.9 Å². The summed E-state index contributed by atoms with van der Waals surface area (Å²) in [7, 11) is 3.57. The van der Waals surface area contributed by atoms with Crippen LogP contribution in [0.4, 0.5) is 4.79 Å². The van der Waals surface area contributed by atoms with Gasteiger partial charge in [-0.1, -0.05) is 23.7 Å². The average molecular weight is 404 g/mol. The standard InChI is InChI=1S/C20H26ClN5O2/c1-14-9-15(6-7-18(14)21)10-22-20(28)25(3)17-5-4-8-26(13-17)19(27)16-11-23-24(2)12-16/h6-7,9,11-12,17H,4-5,8,10,13H2,1-3H3,(H,22,28)/t17-/m1/s1. The predicted molar refractivity (Wildman–Crippen MR) is 108 cm³/mol. The minimum atomic E-state index is -0.145. The van der Waals surface area contributed by atoms with Gasteiger partial charge in [0.05, 0.1) is 17.8 Å². The molecule has 1 aliphatic heterocycles. The van der Waals surface area contributed by atoms with Crippen molar-refractivity contribution in [2.24, 2.45) is 7.05 Å². The lowest BCUT2D eigenvalue weighted by atomic mass is 10.0. The van der Waals surface area contributed by atoms with Crippen LogP contribution in [0.1, 0.15) is 34.3 Å². The van der Waals surface area contributed by atoms with Crippen LogP contribution in [0.2, 0.25) is 5.02 Å². The quantitative estimate of drug-likeness (QED) is 0.853. The molecule has 3 rings (SSSR count). The first kappa shape index (κ1) is 20.2. The van der Waals surface area contributed by atoms with Crippen LogP contribution >= 0.6 is 11.6 Å². The second kappa shape index (κ2) is 8.65. The molecule has 150 valence electrons. The maximum absolute atomic E-state index is 12.7. The maximum Gasteiger partial charge on any atom is 0.317 e. The molecule has 2 aromatic rings. The molecule has 8 heteroatoms. The van der Waals surface area contributed by atoms with Gasteiger partial charge in [0.15, 0.2) is 0 Å². The minimum Gasteiger partial charge on any atom is -0.336 e. The van der Waals surface area contributed by atoms with Gasteiger partial charge in [-0.25, -0.2) is 4.79 Å². The Balaban J connectivity index is 1.56. The molecule has 2 heterocycles. The van der Waals surface area contributed by atoms with E-state index in [0.29, 0.717) is 30.2 Å². The number of halogens is 1. The van der Waals surface area contributed by atoms with Gasteiger partial charge in [0.1, 0.15) is 0 Å². The van der Waals surface area contributed by atoms with Crippen molar-refractivity contribution in [3.8, 4) is 0 Å². The molecule has 0 aliphatic carbocycles. The van der Waals surface area contributed by atoms with Crippen molar-refractivity contribution in [1.29, 1.82) is 0 Å². The molecule has 1 aromatic carbocycles. The molecule has 1 aliphatic rings. The van der Waals surface area contributed by atoms with E-state index in [1.54, 1.807) is 41.0 Å². The van der Waals surface area contributed by atoms with E-state index in [9.17, 15) is 9.59 Å². The highest BCUT2D eigenvalue weighted by Crippen LogP contribution is 2.18. The number of nitrogens with one attached hydrogen (secondary N) is 1. The van der Waals surface area contributed by atoms with Crippen LogP contribution in [0.25, 0.3) is 0 Å². The highest BCUT2D eigenvalue weighted by Gasteiger charge is 2.29. The van der Waals surface area contributed by atoms with Crippen molar-refractivity contribution in [3.63, 3.8) is 0 Å². The topological polar surface area (TPSA) is 70.5 Å². The average Bonchev–Trinajstić information content (AvgIpc) is 3.13. The molecular weight excluding hydrogens is 378 g/mol. The normalized spacial score (nSPS) is 16.7. The van der Waals surface area contributed by atoms with Crippen LogP contribution in [0.5, 0.6) is 0 Å². The Labute approximate surface area is 170 Å². The summed E-state index contributed by atoms with van der Waals surface area (Å²) < 4.78 is 1.62. The van der Waals surface area contributed by atoms with E-state index in [0.717, 1.165) is 24.0 Å². The number of aromatic nitrogens is 2. The number of carbonyl (C=O) groups is 2. The minimum absolute atomic E-state index is 0.0127. The van der Waals surface area contributed by atoms with Crippen LogP contribution < -0.4 is 5.32 Å². The highest BCUT2D eigenvalue weighted by molar-refractivity contribution is 6.31. The number of benzene rings is 1. The van der Waals surface area contributed by atoms with Crippen LogP contribution in [-0.2, 0) is 13.6 Å². The number of likely N-dealkylation sites (N-methyl/N-ethyl adjacent to an activating group) is 1. The van der Waals surface area contributed by atoms with E-state index < -0.39 is 0 Å². The van der Waals surface area contributed by atoms with Crippen LogP contribution in [0.15, 0.2) is 30.6 Å². The van der Waals surface area contributed by atoms with Gasteiger partial charge in [-0.2, -0.15) is 5.10 Å². The molecule has 0 radical (unpaired) electrons. The van der Waals surface area contributed by atoms with E-state index in [2.05, 4.69) is 10.4 Å². The highest BCUT2D eigenvalue weighted by atomic mass is 35.5. The lowest BCUT2D eigenvalue weighted by molar-refractivity contribution is 0.0636. The van der Waals surface area contributed by atoms with Gasteiger partial charge in [0.25, 0.3) is 5.91 Å². The number of amides is 3. The van der Waals surface area contributed by atoms with Crippen molar-refractivity contribution >= 4 is 23.5 Å². The third kappa shape index (κ3) is 4.65. The molecule has 1 fully saturated rings. The summed E-state index contributed by atoms with van der Waals surface area (Å²) in [6, 6.07) is 5.56. The second-order valence-corrected chi connectivity index (χ2v) is 7.71. The van der Waals surface area contributed by atoms with E-state index in [1.165, 1.54) is 0 Å². The third-order valence-corrected chi connectivity index (χ3v) is 5.59. The van der Waals surface area contributed by atoms with E-state index in [4.69, 9.17) is 11.6 Å². The first-order valence-electron chi connectivity index (χ1n) is 9.38. The fourth-order valence-corrected chi connectivity index (χ4v) is 3.57. The van der Waals surface area contributed by atoms with Crippen molar-refractivity contribution in [1.82, 2.24) is 24.9 Å². The van der Waals surface area contributed by atoms with Gasteiger partial charge in [0.2, 0.25) is 0 Å². The number of nitrogens with zero attached hydrogens (tertiary/aromatic N) is 4. The van der Waals surface area contributed by atoms with Crippen molar-refractivity contribution in [2.45, 2.75) is 32.4 Å². The number of aryl methyl sites for hydroxylation is 2. The fraction of sp³-hybridized carbons (Fsp3) is 0.450. The molecule has 0 spiro atoms. The molecule has 1 N–H and O–H groups in total. The Hall–Kier alpha value is -2.54. The summed E-state index contributed by atoms with van der Waals surface area (Å²) in [4.78, 5) is 28.8. The summed E-state index contributed by atoms with van der Waals surface area (Å²) in [6.07, 6.45) is 5.04. The lowest BCUT2D eigenvalue weighted by Crippen LogP contribution is -2.52. The summed E-state index contributed by atoms with van der Waals surface area (Å²) in [6.45, 7) is 3.60. The summed E-state index contributed by atoms with van der Waals surface area (Å²) >= 11 is 6.05. The molecule has 1 aromatic heterocycles. The Kier molecular flexibility index (Phi) is 6.24. The molecule has 1 saturated heterocycles. The zero-order valence-electron chi connectivity index (χ0n) is 16.5. The van der Waals surface area contributed by atoms with Gasteiger partial charge < -0.3 is 15.1 Å². The van der Waals surface area contributed by atoms with Gasteiger partial charge in [-0.3, -0.25) is 9.48 Å². The SMILES string of the molecule is Cc1cc(CNC(=O)N(C)[C@@H]2CCCN(C(=O)c3cnn(C)c3)C2)ccc1Cl.